The summed E-state index contributed by atoms with van der Waals surface area (Å²) in [6.07, 6.45) is 6.92. The summed E-state index contributed by atoms with van der Waals surface area (Å²) in [5.74, 6) is 0.767. The Morgan fingerprint density at radius 3 is 2.53 bits per heavy atom. The number of aldehydes is 1. The van der Waals surface area contributed by atoms with Crippen LogP contribution in [0, 0.1) is 40.4 Å². The molecule has 2 N–H and O–H groups in total. The van der Waals surface area contributed by atoms with Crippen molar-refractivity contribution in [3.8, 4) is 5.75 Å². The highest BCUT2D eigenvalue weighted by Gasteiger charge is 2.72. The smallest absolute Gasteiger partial charge is 0.317 e. The van der Waals surface area contributed by atoms with Crippen LogP contribution in [-0.4, -0.2) is 42.3 Å². The summed E-state index contributed by atoms with van der Waals surface area (Å²) in [6, 6.07) is 7.45. The Kier molecular flexibility index (Phi) is 7.96. The average molecular weight is 499 g/mol. The zero-order valence-corrected chi connectivity index (χ0v) is 22.1. The molecule has 1 aromatic rings. The topological polar surface area (TPSA) is 93.1 Å². The molecule has 0 amide bonds. The molecule has 0 spiro atoms. The lowest BCUT2D eigenvalue weighted by Gasteiger charge is -2.49. The molecular formula is C30H42O6. The fourth-order valence-electron chi connectivity index (χ4n) is 7.79. The summed E-state index contributed by atoms with van der Waals surface area (Å²) in [4.78, 5) is 27.4. The second kappa shape index (κ2) is 10.7. The van der Waals surface area contributed by atoms with Crippen LogP contribution in [0.4, 0.5) is 0 Å². The molecule has 2 bridgehead atoms. The first-order chi connectivity index (χ1) is 17.2. The van der Waals surface area contributed by atoms with Gasteiger partial charge in [-0.25, -0.2) is 0 Å². The largest absolute Gasteiger partial charge is 0.497 e. The molecule has 6 heteroatoms. The number of methoxy groups -OCH3 is 1. The fraction of sp³-hybridized carbons (Fsp3) is 0.667. The van der Waals surface area contributed by atoms with Crippen LogP contribution in [0.2, 0.25) is 0 Å². The van der Waals surface area contributed by atoms with Crippen molar-refractivity contribution in [1.82, 2.24) is 0 Å². The normalized spacial score (nSPS) is 35.2. The van der Waals surface area contributed by atoms with E-state index in [1.54, 1.807) is 7.11 Å². The maximum atomic E-state index is 14.2. The fourth-order valence-corrected chi connectivity index (χ4v) is 7.79. The van der Waals surface area contributed by atoms with E-state index < -0.39 is 16.9 Å². The van der Waals surface area contributed by atoms with Crippen LogP contribution in [0.5, 0.6) is 5.75 Å². The molecule has 3 aliphatic carbocycles. The SMILES string of the molecule is COc1ccc(COC(=O)[C@@]23CC(C=C2C(C)C)C[C@]3(C=O)C2CC(O)C(C)C2CCCCO)cc1. The highest BCUT2D eigenvalue weighted by atomic mass is 16.5. The first-order valence-corrected chi connectivity index (χ1v) is 13.5. The Hall–Kier alpha value is -2.18. The molecule has 198 valence electrons. The summed E-state index contributed by atoms with van der Waals surface area (Å²) >= 11 is 0. The van der Waals surface area contributed by atoms with Crippen LogP contribution in [0.3, 0.4) is 0 Å². The van der Waals surface area contributed by atoms with E-state index in [-0.39, 0.29) is 48.8 Å². The molecule has 1 aromatic carbocycles. The number of allylic oxidation sites excluding steroid dienone is 1. The summed E-state index contributed by atoms with van der Waals surface area (Å²) < 4.78 is 11.2. The van der Waals surface area contributed by atoms with Crippen LogP contribution in [0.15, 0.2) is 35.9 Å². The van der Waals surface area contributed by atoms with Gasteiger partial charge in [-0.3, -0.25) is 4.79 Å². The lowest BCUT2D eigenvalue weighted by atomic mass is 9.52. The van der Waals surface area contributed by atoms with Crippen molar-refractivity contribution in [3.05, 3.63) is 41.5 Å². The lowest BCUT2D eigenvalue weighted by Crippen LogP contribution is -2.53. The summed E-state index contributed by atoms with van der Waals surface area (Å²) in [5, 5.41) is 20.3. The van der Waals surface area contributed by atoms with Crippen LogP contribution in [0.1, 0.15) is 64.9 Å². The van der Waals surface area contributed by atoms with E-state index in [0.29, 0.717) is 25.7 Å². The number of rotatable bonds is 11. The molecule has 7 atom stereocenters. The number of unbranched alkanes of at least 4 members (excludes halogenated alkanes) is 1. The van der Waals surface area contributed by atoms with Gasteiger partial charge in [0.15, 0.2) is 0 Å². The number of ether oxygens (including phenoxy) is 2. The van der Waals surface area contributed by atoms with Crippen molar-refractivity contribution in [2.75, 3.05) is 13.7 Å². The number of hydrogen-bond donors (Lipinski definition) is 2. The first-order valence-electron chi connectivity index (χ1n) is 13.5. The molecule has 0 radical (unpaired) electrons. The minimum absolute atomic E-state index is 0.0449. The minimum Gasteiger partial charge on any atom is -0.497 e. The molecule has 0 heterocycles. The van der Waals surface area contributed by atoms with E-state index in [2.05, 4.69) is 26.8 Å². The van der Waals surface area contributed by atoms with Crippen LogP contribution < -0.4 is 4.74 Å². The van der Waals surface area contributed by atoms with Crippen molar-refractivity contribution < 1.29 is 29.3 Å². The predicted octanol–water partition coefficient (Wildman–Crippen LogP) is 4.71. The molecule has 6 nitrogen and oxygen atoms in total. The van der Waals surface area contributed by atoms with E-state index in [0.717, 1.165) is 36.0 Å². The molecule has 2 fully saturated rings. The van der Waals surface area contributed by atoms with Crippen LogP contribution >= 0.6 is 0 Å². The third-order valence-electron chi connectivity index (χ3n) is 9.48. The van der Waals surface area contributed by atoms with Crippen molar-refractivity contribution >= 4 is 12.3 Å². The number of aliphatic hydroxyl groups excluding tert-OH is 2. The maximum Gasteiger partial charge on any atom is 0.317 e. The maximum absolute atomic E-state index is 14.2. The van der Waals surface area contributed by atoms with Gasteiger partial charge in [-0.05, 0) is 79.4 Å². The van der Waals surface area contributed by atoms with E-state index in [1.807, 2.05) is 24.3 Å². The molecule has 36 heavy (non-hydrogen) atoms. The van der Waals surface area contributed by atoms with Crippen molar-refractivity contribution in [2.24, 2.45) is 40.4 Å². The average Bonchev–Trinajstić information content (AvgIpc) is 3.52. The molecule has 5 unspecified atom stereocenters. The van der Waals surface area contributed by atoms with E-state index in [9.17, 15) is 19.8 Å². The summed E-state index contributed by atoms with van der Waals surface area (Å²) in [7, 11) is 1.61. The number of aliphatic hydroxyl groups is 2. The molecule has 0 aromatic heterocycles. The Balaban J connectivity index is 1.69. The van der Waals surface area contributed by atoms with E-state index in [4.69, 9.17) is 9.47 Å². The zero-order valence-electron chi connectivity index (χ0n) is 22.1. The third kappa shape index (κ3) is 4.30. The second-order valence-corrected chi connectivity index (χ2v) is 11.6. The number of esters is 1. The standard InChI is InChI=1S/C30H42O6/c1-19(2)25-13-22-15-29(18-32,26-14-27(33)20(3)24(26)7-5-6-12-31)30(25,16-22)28(34)36-17-21-8-10-23(35-4)11-9-21/h8-11,13,18-20,22,24,26-27,31,33H,5-7,12,14-17H2,1-4H3/t20?,22?,24?,26?,27?,29-,30+/m0/s1. The lowest BCUT2D eigenvalue weighted by molar-refractivity contribution is -0.167. The molecule has 2 saturated carbocycles. The first kappa shape index (κ1) is 26.9. The number of carbonyl (C=O) groups is 2. The van der Waals surface area contributed by atoms with Crippen molar-refractivity contribution in [3.63, 3.8) is 0 Å². The Morgan fingerprint density at radius 2 is 1.92 bits per heavy atom. The van der Waals surface area contributed by atoms with Gasteiger partial charge in [0.1, 0.15) is 24.1 Å². The highest BCUT2D eigenvalue weighted by Crippen LogP contribution is 2.71. The van der Waals surface area contributed by atoms with Crippen LogP contribution in [-0.2, 0) is 20.9 Å². The Bertz CT molecular complexity index is 968. The monoisotopic (exact) mass is 498 g/mol. The van der Waals surface area contributed by atoms with Crippen LogP contribution in [0.25, 0.3) is 0 Å². The summed E-state index contributed by atoms with van der Waals surface area (Å²) in [5.41, 5.74) is 0.00271. The predicted molar refractivity (Wildman–Crippen MR) is 137 cm³/mol. The van der Waals surface area contributed by atoms with E-state index >= 15 is 0 Å². The van der Waals surface area contributed by atoms with Gasteiger partial charge in [-0.2, -0.15) is 0 Å². The number of carbonyl (C=O) groups excluding carboxylic acids is 2. The Labute approximate surface area is 215 Å². The van der Waals surface area contributed by atoms with Gasteiger partial charge in [0.25, 0.3) is 0 Å². The van der Waals surface area contributed by atoms with Gasteiger partial charge in [0.2, 0.25) is 0 Å². The second-order valence-electron chi connectivity index (χ2n) is 11.6. The van der Waals surface area contributed by atoms with Gasteiger partial charge in [-0.1, -0.05) is 51.0 Å². The van der Waals surface area contributed by atoms with Gasteiger partial charge in [0.05, 0.1) is 13.2 Å². The molecule has 4 rings (SSSR count). The molecule has 0 saturated heterocycles. The highest BCUT2D eigenvalue weighted by molar-refractivity contribution is 5.89. The number of benzene rings is 1. The number of hydrogen-bond acceptors (Lipinski definition) is 6. The van der Waals surface area contributed by atoms with Gasteiger partial charge in [-0.15, -0.1) is 0 Å². The Morgan fingerprint density at radius 1 is 1.19 bits per heavy atom. The molecule has 3 aliphatic rings. The van der Waals surface area contributed by atoms with Crippen molar-refractivity contribution in [1.29, 1.82) is 0 Å². The van der Waals surface area contributed by atoms with Crippen molar-refractivity contribution in [2.45, 2.75) is 72.0 Å². The quantitative estimate of drug-likeness (QED) is 0.199. The van der Waals surface area contributed by atoms with Gasteiger partial charge >= 0.3 is 5.97 Å². The minimum atomic E-state index is -0.996. The summed E-state index contributed by atoms with van der Waals surface area (Å²) in [6.45, 7) is 6.51. The zero-order chi connectivity index (χ0) is 26.1. The molecular weight excluding hydrogens is 456 g/mol. The van der Waals surface area contributed by atoms with Gasteiger partial charge < -0.3 is 24.5 Å². The van der Waals surface area contributed by atoms with Gasteiger partial charge in [0, 0.05) is 12.0 Å². The third-order valence-corrected chi connectivity index (χ3v) is 9.48. The number of fused-ring (bicyclic) bond motifs is 2. The van der Waals surface area contributed by atoms with E-state index in [1.165, 1.54) is 0 Å². The molecule has 0 aliphatic heterocycles.